The molecule has 11 rings (SSSR count). The van der Waals surface area contributed by atoms with Crippen LogP contribution in [0.3, 0.4) is 0 Å². The van der Waals surface area contributed by atoms with Crippen molar-refractivity contribution in [2.24, 2.45) is 6.98 Å². The topological polar surface area (TPSA) is 75.4 Å². The summed E-state index contributed by atoms with van der Waals surface area (Å²) in [6, 6.07) is 40.8. The van der Waals surface area contributed by atoms with Gasteiger partial charge in [0.25, 0.3) is 0 Å². The number of fused-ring (bicyclic) bond motifs is 5. The van der Waals surface area contributed by atoms with Crippen molar-refractivity contribution in [1.29, 1.82) is 0 Å². The molecule has 0 amide bonds. The van der Waals surface area contributed by atoms with E-state index in [1.165, 1.54) is 10.1 Å². The third-order valence-electron chi connectivity index (χ3n) is 12.2. The molecule has 0 fully saturated rings. The van der Waals surface area contributed by atoms with Crippen molar-refractivity contribution in [1.82, 2.24) is 29.7 Å². The van der Waals surface area contributed by atoms with Crippen molar-refractivity contribution in [3.63, 3.8) is 0 Å². The van der Waals surface area contributed by atoms with Crippen molar-refractivity contribution in [3.8, 4) is 17.6 Å². The van der Waals surface area contributed by atoms with Gasteiger partial charge in [0.2, 0.25) is 5.95 Å². The van der Waals surface area contributed by atoms with Crippen LogP contribution in [0, 0.1) is 18.8 Å². The van der Waals surface area contributed by atoms with Crippen LogP contribution in [-0.4, -0.2) is 33.7 Å². The molecule has 8 aromatic rings. The van der Waals surface area contributed by atoms with Crippen LogP contribution >= 0.6 is 0 Å². The Hall–Kier alpha value is -7.74. The van der Waals surface area contributed by atoms with Crippen LogP contribution in [0.25, 0.3) is 49.7 Å². The van der Waals surface area contributed by atoms with Gasteiger partial charge >= 0.3 is 0 Å². The summed E-state index contributed by atoms with van der Waals surface area (Å²) in [5, 5.41) is 8.25. The summed E-state index contributed by atoms with van der Waals surface area (Å²) in [6.45, 7) is 6.35. The summed E-state index contributed by atoms with van der Waals surface area (Å²) < 4.78 is 35.5. The van der Waals surface area contributed by atoms with Gasteiger partial charge in [0.15, 0.2) is 14.6 Å². The third kappa shape index (κ3) is 8.89. The quantitative estimate of drug-likeness (QED) is 0.122. The molecule has 2 radical (unpaired) electrons. The molecular formula is C58H47B2N8OPt-3. The molecule has 344 valence electrons. The van der Waals surface area contributed by atoms with Crippen LogP contribution in [0.1, 0.15) is 41.6 Å². The molecule has 3 aromatic heterocycles. The average molecular weight is 1090 g/mol. The summed E-state index contributed by atoms with van der Waals surface area (Å²) in [5.41, 5.74) is 11.2. The van der Waals surface area contributed by atoms with E-state index >= 15 is 0 Å². The first-order valence-corrected chi connectivity index (χ1v) is 22.8. The van der Waals surface area contributed by atoms with E-state index < -0.39 is 6.98 Å². The summed E-state index contributed by atoms with van der Waals surface area (Å²) >= 11 is 0. The Balaban J connectivity index is 0.00000611. The molecule has 3 aliphatic heterocycles. The summed E-state index contributed by atoms with van der Waals surface area (Å²) in [4.78, 5) is 13.9. The Kier molecular flexibility index (Phi) is 11.9. The zero-order chi connectivity index (χ0) is 49.4. The minimum Gasteiger partial charge on any atom is -0.503 e. The van der Waals surface area contributed by atoms with Crippen molar-refractivity contribution in [2.75, 3.05) is 9.80 Å². The van der Waals surface area contributed by atoms with Gasteiger partial charge < -0.3 is 34.3 Å². The van der Waals surface area contributed by atoms with E-state index in [1.807, 2.05) is 133 Å². The molecule has 70 heavy (non-hydrogen) atoms. The fraction of sp³-hybridized carbons (Fsp3) is 0.0862. The fourth-order valence-electron chi connectivity index (χ4n) is 8.87. The number of nitrogens with one attached hydrogen (secondary N) is 2. The normalized spacial score (nSPS) is 19.7. The van der Waals surface area contributed by atoms with E-state index in [9.17, 15) is 0 Å². The molecule has 9 nitrogen and oxygen atoms in total. The number of para-hydroxylation sites is 5. The van der Waals surface area contributed by atoms with E-state index in [1.54, 1.807) is 12.3 Å². The number of ether oxygens (including phenoxy) is 1. The zero-order valence-electron chi connectivity index (χ0n) is 41.6. The molecule has 2 N–H and O–H groups in total. The number of hydrogen-bond donors (Lipinski definition) is 2. The molecule has 0 saturated heterocycles. The van der Waals surface area contributed by atoms with Gasteiger partial charge in [-0.25, -0.2) is 4.98 Å². The smallest absolute Gasteiger partial charge is 0.213 e. The Morgan fingerprint density at radius 1 is 0.686 bits per heavy atom. The van der Waals surface area contributed by atoms with Crippen molar-refractivity contribution >= 4 is 81.1 Å². The van der Waals surface area contributed by atoms with Gasteiger partial charge in [0.1, 0.15) is 5.88 Å². The number of nitrogens with zero attached hydrogens (tertiary/aromatic N) is 6. The monoisotopic (exact) mass is 1090 g/mol. The first-order chi connectivity index (χ1) is 35.0. The maximum atomic E-state index is 8.58. The molecule has 6 heterocycles. The second-order valence-corrected chi connectivity index (χ2v) is 17.7. The summed E-state index contributed by atoms with van der Waals surface area (Å²) in [6.07, 6.45) is 25.7. The second-order valence-electron chi connectivity index (χ2n) is 17.7. The summed E-state index contributed by atoms with van der Waals surface area (Å²) in [5.74, 6) is 4.99. The molecule has 12 heteroatoms. The number of pyridine rings is 1. The standard InChI is InChI=1S/C58H47B2N8O.Pt/c1-58(2,3)40-35-45(47-18-15-32-61-30-13-11-28-59-47)56(46(36-40)48-19-16-33-62-31-14-12-29-60-48)67-39-66(52-23-9-10-24-53(52)67)41-27-34-63-55(37-41)69-42-25-26-44-43-17-5-7-21-50(43)68(54(44)38-42)57-64-49-20-6-8-22-51(49)65(57)4;/h5-36,39,61-62H,1-4H3;/q-3;/b28-11-,29-12-,30-13-,31-14-,32-15-,33-16-,47-18-,48-19-;/i4D3;. The predicted octanol–water partition coefficient (Wildman–Crippen LogP) is 12.5. The minimum absolute atomic E-state index is 0. The van der Waals surface area contributed by atoms with Crippen molar-refractivity contribution < 1.29 is 29.9 Å². The van der Waals surface area contributed by atoms with Crippen LogP contribution < -0.4 is 25.2 Å². The number of imidazole rings is 1. The molecule has 0 atom stereocenters. The van der Waals surface area contributed by atoms with Crippen LogP contribution in [0.4, 0.5) is 22.7 Å². The number of hydrogen-bond acceptors (Lipinski definition) is 7. The Labute approximate surface area is 429 Å². The summed E-state index contributed by atoms with van der Waals surface area (Å²) in [7, 11) is 4.32. The van der Waals surface area contributed by atoms with Gasteiger partial charge in [0.05, 0.1) is 11.0 Å². The third-order valence-corrected chi connectivity index (χ3v) is 12.2. The Morgan fingerprint density at radius 3 is 2.03 bits per heavy atom. The molecule has 0 spiro atoms. The van der Waals surface area contributed by atoms with E-state index in [-0.39, 0.29) is 38.3 Å². The second kappa shape index (κ2) is 19.7. The molecule has 3 aliphatic rings. The molecule has 0 bridgehead atoms. The molecule has 0 saturated carbocycles. The SMILES string of the molecule is [2H]C([2H])([2H])n1c(-n2c3[c-]c(Oc4[c-]c(N5[CH-]N(c6c(/C7=C/C=C\N/C=C\C=C/[B]7)cc(C(C)(C)C)cc6/C6=C/C=C\N/C=C\C=C/[B]6)c6ccccc65)ccn4)ccc3c3ccccc32)nc2ccccc21.[Pt]. The van der Waals surface area contributed by atoms with Gasteiger partial charge in [-0.05, 0) is 100 Å². The van der Waals surface area contributed by atoms with Gasteiger partial charge in [-0.1, -0.05) is 104 Å². The van der Waals surface area contributed by atoms with E-state index in [0.717, 1.165) is 55.4 Å². The van der Waals surface area contributed by atoms with E-state index in [2.05, 4.69) is 134 Å². The van der Waals surface area contributed by atoms with Crippen LogP contribution in [0.15, 0.2) is 195 Å². The van der Waals surface area contributed by atoms with Gasteiger partial charge in [0, 0.05) is 85.3 Å². The molecule has 0 aliphatic carbocycles. The average Bonchev–Trinajstić information content (AvgIpc) is 4.06. The molecule has 5 aromatic carbocycles. The van der Waals surface area contributed by atoms with Crippen LogP contribution in [-0.2, 0) is 33.5 Å². The van der Waals surface area contributed by atoms with Crippen LogP contribution in [0.5, 0.6) is 11.6 Å². The zero-order valence-corrected chi connectivity index (χ0v) is 40.9. The maximum absolute atomic E-state index is 8.58. The van der Waals surface area contributed by atoms with Crippen molar-refractivity contribution in [3.05, 3.63) is 230 Å². The van der Waals surface area contributed by atoms with Gasteiger partial charge in [-0.2, -0.15) is 23.9 Å². The number of anilines is 4. The predicted molar refractivity (Wildman–Crippen MR) is 286 cm³/mol. The number of aromatic nitrogens is 4. The van der Waals surface area contributed by atoms with E-state index in [4.69, 9.17) is 13.8 Å². The first kappa shape index (κ1) is 42.4. The number of rotatable bonds is 7. The van der Waals surface area contributed by atoms with Crippen LogP contribution in [0.2, 0.25) is 0 Å². The minimum atomic E-state index is -2.52. The Morgan fingerprint density at radius 2 is 1.33 bits per heavy atom. The molecular weight excluding hydrogens is 1040 g/mol. The first-order valence-electron chi connectivity index (χ1n) is 24.3. The maximum Gasteiger partial charge on any atom is 0.213 e. The fourth-order valence-corrected chi connectivity index (χ4v) is 8.87. The largest absolute Gasteiger partial charge is 0.503 e. The van der Waals surface area contributed by atoms with Gasteiger partial charge in [-0.3, -0.25) is 4.98 Å². The van der Waals surface area contributed by atoms with Gasteiger partial charge in [-0.15, -0.1) is 36.1 Å². The Bertz CT molecular complexity index is 3600. The molecule has 0 unspecified atom stereocenters. The number of benzene rings is 5. The number of aryl methyl sites for hydroxylation is 1. The number of allylic oxidation sites excluding steroid dienone is 8. The van der Waals surface area contributed by atoms with Crippen molar-refractivity contribution in [2.45, 2.75) is 26.2 Å². The van der Waals surface area contributed by atoms with E-state index in [0.29, 0.717) is 28.0 Å².